The van der Waals surface area contributed by atoms with Crippen LogP contribution in [0.5, 0.6) is 0 Å². The summed E-state index contributed by atoms with van der Waals surface area (Å²) in [5, 5.41) is 0. The largest absolute Gasteiger partial charge is 0.462 e. The molecule has 0 aliphatic heterocycles. The Morgan fingerprint density at radius 1 is 0.259 bits per heavy atom. The Labute approximate surface area is 501 Å². The van der Waals surface area contributed by atoms with E-state index in [4.69, 9.17) is 14.2 Å². The molecule has 0 saturated heterocycles. The number of unbranched alkanes of at least 4 members (excludes halogenated alkanes) is 30. The summed E-state index contributed by atoms with van der Waals surface area (Å²) >= 11 is 0. The SMILES string of the molecule is CC/C=C\C/C=C\C/C=C\C/C=C\C/C=C\C/C=C\C/C=C\C/C=C\C/C=C\C/C=C\CCCCC(=O)OCC(COC(=O)CCCCCCCCCCC)OC(=O)CCCCCCCCCCCCCCCCCCCCCCC. The highest BCUT2D eigenvalue weighted by atomic mass is 16.6. The first kappa shape index (κ1) is 76.8. The Bertz CT molecular complexity index is 1670. The van der Waals surface area contributed by atoms with Crippen LogP contribution in [0.15, 0.2) is 122 Å². The van der Waals surface area contributed by atoms with Crippen LogP contribution in [0.2, 0.25) is 0 Å². The van der Waals surface area contributed by atoms with Gasteiger partial charge in [0.15, 0.2) is 6.10 Å². The van der Waals surface area contributed by atoms with E-state index in [0.29, 0.717) is 19.3 Å². The highest BCUT2D eigenvalue weighted by molar-refractivity contribution is 5.71. The highest BCUT2D eigenvalue weighted by Crippen LogP contribution is 2.17. The third-order valence-electron chi connectivity index (χ3n) is 14.5. The number of allylic oxidation sites excluding steroid dienone is 20. The van der Waals surface area contributed by atoms with Crippen molar-refractivity contribution < 1.29 is 28.6 Å². The quantitative estimate of drug-likeness (QED) is 0.0261. The zero-order valence-corrected chi connectivity index (χ0v) is 53.0. The van der Waals surface area contributed by atoms with E-state index >= 15 is 0 Å². The monoisotopic (exact) mass is 1120 g/mol. The van der Waals surface area contributed by atoms with E-state index in [-0.39, 0.29) is 31.1 Å². The van der Waals surface area contributed by atoms with Crippen LogP contribution in [0.25, 0.3) is 0 Å². The smallest absolute Gasteiger partial charge is 0.306 e. The number of ether oxygens (including phenoxy) is 3. The second-order valence-electron chi connectivity index (χ2n) is 22.4. The van der Waals surface area contributed by atoms with Crippen molar-refractivity contribution in [2.75, 3.05) is 13.2 Å². The van der Waals surface area contributed by atoms with Crippen LogP contribution in [0.1, 0.15) is 316 Å². The van der Waals surface area contributed by atoms with Gasteiger partial charge in [0.1, 0.15) is 13.2 Å². The van der Waals surface area contributed by atoms with Crippen LogP contribution in [-0.4, -0.2) is 37.2 Å². The van der Waals surface area contributed by atoms with Crippen molar-refractivity contribution in [1.82, 2.24) is 0 Å². The Morgan fingerprint density at radius 2 is 0.481 bits per heavy atom. The highest BCUT2D eigenvalue weighted by Gasteiger charge is 2.19. The van der Waals surface area contributed by atoms with E-state index in [1.807, 2.05) is 0 Å². The molecule has 0 fully saturated rings. The van der Waals surface area contributed by atoms with Gasteiger partial charge in [0.25, 0.3) is 0 Å². The Morgan fingerprint density at radius 3 is 0.753 bits per heavy atom. The molecule has 462 valence electrons. The van der Waals surface area contributed by atoms with E-state index in [0.717, 1.165) is 122 Å². The lowest BCUT2D eigenvalue weighted by Crippen LogP contribution is -2.30. The zero-order valence-electron chi connectivity index (χ0n) is 53.0. The van der Waals surface area contributed by atoms with Crippen molar-refractivity contribution in [3.8, 4) is 0 Å². The molecule has 81 heavy (non-hydrogen) atoms. The summed E-state index contributed by atoms with van der Waals surface area (Å²) in [6, 6.07) is 0. The van der Waals surface area contributed by atoms with Gasteiger partial charge >= 0.3 is 17.9 Å². The van der Waals surface area contributed by atoms with Crippen molar-refractivity contribution in [1.29, 1.82) is 0 Å². The average Bonchev–Trinajstić information content (AvgIpc) is 3.47. The third kappa shape index (κ3) is 66.5. The summed E-state index contributed by atoms with van der Waals surface area (Å²) in [5.74, 6) is -0.928. The minimum atomic E-state index is -0.795. The van der Waals surface area contributed by atoms with Gasteiger partial charge < -0.3 is 14.2 Å². The maximum atomic E-state index is 12.9. The number of hydrogen-bond acceptors (Lipinski definition) is 6. The summed E-state index contributed by atoms with van der Waals surface area (Å²) in [4.78, 5) is 38.2. The zero-order chi connectivity index (χ0) is 58.5. The maximum Gasteiger partial charge on any atom is 0.306 e. The summed E-state index contributed by atoms with van der Waals surface area (Å²) in [7, 11) is 0. The number of esters is 3. The van der Waals surface area contributed by atoms with Gasteiger partial charge in [-0.25, -0.2) is 0 Å². The Hall–Kier alpha value is -4.19. The molecule has 0 spiro atoms. The van der Waals surface area contributed by atoms with Crippen molar-refractivity contribution in [2.24, 2.45) is 0 Å². The van der Waals surface area contributed by atoms with Crippen molar-refractivity contribution in [3.05, 3.63) is 122 Å². The first-order chi connectivity index (χ1) is 40.0. The molecule has 0 radical (unpaired) electrons. The fourth-order valence-electron chi connectivity index (χ4n) is 9.41. The van der Waals surface area contributed by atoms with Gasteiger partial charge in [-0.05, 0) is 96.3 Å². The molecule has 0 rings (SSSR count). The van der Waals surface area contributed by atoms with E-state index in [9.17, 15) is 14.4 Å². The second kappa shape index (κ2) is 68.3. The topological polar surface area (TPSA) is 78.9 Å². The van der Waals surface area contributed by atoms with E-state index in [1.165, 1.54) is 154 Å². The van der Waals surface area contributed by atoms with Gasteiger partial charge in [-0.1, -0.05) is 322 Å². The molecule has 0 aliphatic carbocycles. The van der Waals surface area contributed by atoms with Crippen LogP contribution in [-0.2, 0) is 28.6 Å². The lowest BCUT2D eigenvalue weighted by atomic mass is 10.0. The fraction of sp³-hybridized carbons (Fsp3) is 0.693. The molecule has 6 nitrogen and oxygen atoms in total. The molecule has 0 aromatic carbocycles. The molecule has 0 aromatic heterocycles. The molecule has 0 heterocycles. The van der Waals surface area contributed by atoms with E-state index in [1.54, 1.807) is 0 Å². The normalized spacial score (nSPS) is 12.9. The molecule has 1 unspecified atom stereocenters. The molecule has 6 heteroatoms. The molecule has 0 aromatic rings. The van der Waals surface area contributed by atoms with Gasteiger partial charge in [-0.15, -0.1) is 0 Å². The van der Waals surface area contributed by atoms with Crippen LogP contribution < -0.4 is 0 Å². The Balaban J connectivity index is 4.28. The summed E-state index contributed by atoms with van der Waals surface area (Å²) in [6.45, 7) is 6.50. The average molecular weight is 1120 g/mol. The molecule has 1 atom stereocenters. The molecular weight excluding hydrogens is 997 g/mol. The first-order valence-electron chi connectivity index (χ1n) is 34.0. The first-order valence-corrected chi connectivity index (χ1v) is 34.0. The molecule has 0 saturated carbocycles. The van der Waals surface area contributed by atoms with Gasteiger partial charge in [0.2, 0.25) is 0 Å². The van der Waals surface area contributed by atoms with Crippen LogP contribution >= 0.6 is 0 Å². The van der Waals surface area contributed by atoms with Crippen molar-refractivity contribution in [3.63, 3.8) is 0 Å². The standard InChI is InChI=1S/C75H126O6/c1-4-7-10-13-16-19-21-23-25-27-29-31-32-33-34-35-36-37-38-39-40-41-42-44-45-47-49-51-53-56-59-62-65-68-74(77)80-71-72(70-79-73(76)67-64-61-58-55-18-15-12-9-6-3)81-75(78)69-66-63-60-57-54-52-50-48-46-43-30-28-26-24-22-20-17-14-11-8-5-2/h7,10,16,19,23,25,29,31,33-34,36-37,39-40,42,44,47,49,53,56,72H,4-6,8-9,11-15,17-18,20-22,24,26-28,30,32,35,38,41,43,45-46,48,50-52,54-55,57-71H2,1-3H3/b10-7-,19-16-,25-23-,31-29-,34-33-,37-36-,40-39-,44-42-,49-47-,56-53-. The van der Waals surface area contributed by atoms with Gasteiger partial charge in [0.05, 0.1) is 0 Å². The molecule has 0 bridgehead atoms. The van der Waals surface area contributed by atoms with Crippen LogP contribution in [0.3, 0.4) is 0 Å². The molecule has 0 N–H and O–H groups in total. The minimum absolute atomic E-state index is 0.0895. The molecular formula is C75H126O6. The van der Waals surface area contributed by atoms with Crippen molar-refractivity contribution in [2.45, 2.75) is 322 Å². The fourth-order valence-corrected chi connectivity index (χ4v) is 9.41. The van der Waals surface area contributed by atoms with Crippen LogP contribution in [0.4, 0.5) is 0 Å². The number of hydrogen-bond donors (Lipinski definition) is 0. The van der Waals surface area contributed by atoms with Gasteiger partial charge in [-0.3, -0.25) is 14.4 Å². The lowest BCUT2D eigenvalue weighted by molar-refractivity contribution is -0.167. The van der Waals surface area contributed by atoms with Crippen LogP contribution in [0, 0.1) is 0 Å². The molecule has 0 aliphatic rings. The molecule has 0 amide bonds. The van der Waals surface area contributed by atoms with E-state index in [2.05, 4.69) is 142 Å². The summed E-state index contributed by atoms with van der Waals surface area (Å²) in [5.41, 5.74) is 0. The van der Waals surface area contributed by atoms with Crippen molar-refractivity contribution >= 4 is 17.9 Å². The van der Waals surface area contributed by atoms with E-state index < -0.39 is 6.10 Å². The lowest BCUT2D eigenvalue weighted by Gasteiger charge is -2.18. The Kier molecular flexibility index (Phi) is 64.8. The van der Waals surface area contributed by atoms with Gasteiger partial charge in [0, 0.05) is 19.3 Å². The predicted octanol–water partition coefficient (Wildman–Crippen LogP) is 23.6. The number of carbonyl (C=O) groups is 3. The maximum absolute atomic E-state index is 12.9. The predicted molar refractivity (Wildman–Crippen MR) is 353 cm³/mol. The second-order valence-corrected chi connectivity index (χ2v) is 22.4. The minimum Gasteiger partial charge on any atom is -0.462 e. The summed E-state index contributed by atoms with van der Waals surface area (Å²) in [6.07, 6.45) is 95.2. The number of carbonyl (C=O) groups excluding carboxylic acids is 3. The summed E-state index contributed by atoms with van der Waals surface area (Å²) < 4.78 is 16.9. The third-order valence-corrected chi connectivity index (χ3v) is 14.5. The number of rotatable bonds is 61. The van der Waals surface area contributed by atoms with Gasteiger partial charge in [-0.2, -0.15) is 0 Å².